The number of nitrogens with two attached hydrogens (primary N) is 4. The van der Waals surface area contributed by atoms with E-state index in [1.807, 2.05) is 9.80 Å². The van der Waals surface area contributed by atoms with Crippen molar-refractivity contribution in [1.82, 2.24) is 15.0 Å². The average Bonchev–Trinajstić information content (AvgIpc) is 2.71. The van der Waals surface area contributed by atoms with Crippen LogP contribution in [-0.4, -0.2) is 71.7 Å². The fraction of sp³-hybridized carbons (Fsp3) is 0.550. The first kappa shape index (κ1) is 24.2. The Hall–Kier alpha value is -2.94. The van der Waals surface area contributed by atoms with Crippen LogP contribution < -0.4 is 42.8 Å². The fourth-order valence-corrected chi connectivity index (χ4v) is 4.28. The number of piperidine rings is 2. The molecule has 2 saturated heterocycles. The summed E-state index contributed by atoms with van der Waals surface area (Å²) >= 11 is 0. The SMILES string of the molecule is NC1CC(N)CN(c2nc(Nc3cccc(OC(F)(F)F)c3)nc(N3CC(N)CC(N)C3)n2)C1. The van der Waals surface area contributed by atoms with Gasteiger partial charge in [0.2, 0.25) is 17.8 Å². The summed E-state index contributed by atoms with van der Waals surface area (Å²) in [6, 6.07) is 4.83. The van der Waals surface area contributed by atoms with Gasteiger partial charge in [-0.2, -0.15) is 15.0 Å². The molecule has 4 atom stereocenters. The van der Waals surface area contributed by atoms with Gasteiger partial charge in [-0.3, -0.25) is 0 Å². The monoisotopic (exact) mass is 482 g/mol. The molecule has 0 aliphatic carbocycles. The van der Waals surface area contributed by atoms with E-state index in [1.54, 1.807) is 6.07 Å². The van der Waals surface area contributed by atoms with Crippen molar-refractivity contribution >= 4 is 23.5 Å². The van der Waals surface area contributed by atoms with Crippen LogP contribution in [-0.2, 0) is 0 Å². The normalized spacial score (nSPS) is 25.9. The maximum atomic E-state index is 12.6. The molecule has 3 heterocycles. The Kier molecular flexibility index (Phi) is 6.93. The number of nitrogens with one attached hydrogen (secondary N) is 1. The minimum Gasteiger partial charge on any atom is -0.406 e. The van der Waals surface area contributed by atoms with Gasteiger partial charge < -0.3 is 42.8 Å². The van der Waals surface area contributed by atoms with Crippen molar-refractivity contribution in [2.75, 3.05) is 41.3 Å². The van der Waals surface area contributed by atoms with E-state index in [0.29, 0.717) is 56.6 Å². The van der Waals surface area contributed by atoms with Crippen LogP contribution in [0.4, 0.5) is 36.7 Å². The number of anilines is 4. The predicted octanol–water partition coefficient (Wildman–Crippen LogP) is 0.243. The van der Waals surface area contributed by atoms with Crippen molar-refractivity contribution in [2.45, 2.75) is 43.4 Å². The third kappa shape index (κ3) is 6.34. The maximum absolute atomic E-state index is 12.6. The molecule has 0 spiro atoms. The van der Waals surface area contributed by atoms with Gasteiger partial charge in [-0.25, -0.2) is 0 Å². The smallest absolute Gasteiger partial charge is 0.406 e. The molecule has 0 bridgehead atoms. The van der Waals surface area contributed by atoms with Gasteiger partial charge in [-0.15, -0.1) is 13.2 Å². The molecule has 2 aliphatic heterocycles. The molecule has 0 radical (unpaired) electrons. The molecular formula is C20H29F3N10O. The summed E-state index contributed by atoms with van der Waals surface area (Å²) in [7, 11) is 0. The molecule has 2 aromatic rings. The van der Waals surface area contributed by atoms with E-state index in [4.69, 9.17) is 22.9 Å². The summed E-state index contributed by atoms with van der Waals surface area (Å²) < 4.78 is 41.8. The topological polar surface area (TPSA) is 170 Å². The van der Waals surface area contributed by atoms with E-state index >= 15 is 0 Å². The second-order valence-electron chi connectivity index (χ2n) is 8.78. The quantitative estimate of drug-likeness (QED) is 0.395. The largest absolute Gasteiger partial charge is 0.573 e. The van der Waals surface area contributed by atoms with Crippen molar-refractivity contribution in [1.29, 1.82) is 0 Å². The predicted molar refractivity (Wildman–Crippen MR) is 122 cm³/mol. The highest BCUT2D eigenvalue weighted by molar-refractivity contribution is 5.58. The van der Waals surface area contributed by atoms with Gasteiger partial charge in [0, 0.05) is 62.1 Å². The lowest BCUT2D eigenvalue weighted by atomic mass is 10.0. The van der Waals surface area contributed by atoms with Crippen LogP contribution in [0, 0.1) is 0 Å². The standard InChI is InChI=1S/C20H29F3N10O/c21-20(22,23)34-16-3-1-2-15(6-16)28-17-29-18(32-7-11(24)4-12(25)8-32)31-19(30-17)33-9-13(26)5-14(27)10-33/h1-3,6,11-14H,4-5,7-10,24-27H2,(H,28,29,30,31). The number of aromatic nitrogens is 3. The first-order chi connectivity index (χ1) is 16.0. The molecular weight excluding hydrogens is 453 g/mol. The summed E-state index contributed by atoms with van der Waals surface area (Å²) in [5, 5.41) is 2.95. The molecule has 1 aromatic heterocycles. The second kappa shape index (κ2) is 9.74. The van der Waals surface area contributed by atoms with Crippen molar-refractivity contribution in [3.63, 3.8) is 0 Å². The maximum Gasteiger partial charge on any atom is 0.573 e. The van der Waals surface area contributed by atoms with E-state index in [1.165, 1.54) is 18.2 Å². The first-order valence-electron chi connectivity index (χ1n) is 10.9. The zero-order valence-electron chi connectivity index (χ0n) is 18.4. The lowest BCUT2D eigenvalue weighted by molar-refractivity contribution is -0.274. The highest BCUT2D eigenvalue weighted by Gasteiger charge is 2.31. The van der Waals surface area contributed by atoms with Crippen LogP contribution in [0.5, 0.6) is 5.75 Å². The Morgan fingerprint density at radius 1 is 0.824 bits per heavy atom. The Morgan fingerprint density at radius 3 is 1.79 bits per heavy atom. The Balaban J connectivity index is 1.65. The number of ether oxygens (including phenoxy) is 1. The number of rotatable bonds is 5. The van der Waals surface area contributed by atoms with Gasteiger partial charge in [0.05, 0.1) is 0 Å². The summed E-state index contributed by atoms with van der Waals surface area (Å²) in [5.41, 5.74) is 24.9. The van der Waals surface area contributed by atoms with Crippen LogP contribution in [0.15, 0.2) is 24.3 Å². The number of nitrogens with zero attached hydrogens (tertiary/aromatic N) is 5. The Labute approximate surface area is 194 Å². The van der Waals surface area contributed by atoms with E-state index < -0.39 is 6.36 Å². The Bertz CT molecular complexity index is 929. The van der Waals surface area contributed by atoms with Crippen molar-refractivity contribution in [2.24, 2.45) is 22.9 Å². The molecule has 9 N–H and O–H groups in total. The molecule has 0 amide bonds. The summed E-state index contributed by atoms with van der Waals surface area (Å²) in [4.78, 5) is 17.3. The second-order valence-corrected chi connectivity index (χ2v) is 8.78. The van der Waals surface area contributed by atoms with Gasteiger partial charge in [-0.05, 0) is 25.0 Å². The minimum absolute atomic E-state index is 0.143. The van der Waals surface area contributed by atoms with Gasteiger partial charge in [-0.1, -0.05) is 6.07 Å². The number of benzene rings is 1. The van der Waals surface area contributed by atoms with Crippen LogP contribution >= 0.6 is 0 Å². The minimum atomic E-state index is -4.80. The molecule has 2 aliphatic rings. The third-order valence-corrected chi connectivity index (χ3v) is 5.53. The molecule has 2 fully saturated rings. The summed E-state index contributed by atoms with van der Waals surface area (Å²) in [6.45, 7) is 2.02. The fourth-order valence-electron chi connectivity index (χ4n) is 4.28. The van der Waals surface area contributed by atoms with Crippen LogP contribution in [0.25, 0.3) is 0 Å². The molecule has 34 heavy (non-hydrogen) atoms. The molecule has 1 aromatic carbocycles. The zero-order chi connectivity index (χ0) is 24.5. The molecule has 14 heteroatoms. The van der Waals surface area contributed by atoms with E-state index in [-0.39, 0.29) is 35.9 Å². The number of halogens is 3. The van der Waals surface area contributed by atoms with Gasteiger partial charge in [0.15, 0.2) is 0 Å². The van der Waals surface area contributed by atoms with Gasteiger partial charge in [0.25, 0.3) is 0 Å². The lowest BCUT2D eigenvalue weighted by Crippen LogP contribution is -2.54. The van der Waals surface area contributed by atoms with Gasteiger partial charge >= 0.3 is 6.36 Å². The highest BCUT2D eigenvalue weighted by atomic mass is 19.4. The molecule has 0 saturated carbocycles. The van der Waals surface area contributed by atoms with Crippen LogP contribution in [0.1, 0.15) is 12.8 Å². The first-order valence-corrected chi connectivity index (χ1v) is 10.9. The van der Waals surface area contributed by atoms with Crippen molar-refractivity contribution in [3.05, 3.63) is 24.3 Å². The van der Waals surface area contributed by atoms with Crippen LogP contribution in [0.3, 0.4) is 0 Å². The van der Waals surface area contributed by atoms with E-state index in [2.05, 4.69) is 25.0 Å². The van der Waals surface area contributed by atoms with Crippen LogP contribution in [0.2, 0.25) is 0 Å². The van der Waals surface area contributed by atoms with Crippen molar-refractivity contribution in [3.8, 4) is 5.75 Å². The summed E-state index contributed by atoms with van der Waals surface area (Å²) in [5.74, 6) is 0.486. The molecule has 4 unspecified atom stereocenters. The number of hydrogen-bond acceptors (Lipinski definition) is 11. The average molecular weight is 483 g/mol. The van der Waals surface area contributed by atoms with Crippen molar-refractivity contribution < 1.29 is 17.9 Å². The molecule has 11 nitrogen and oxygen atoms in total. The zero-order valence-corrected chi connectivity index (χ0v) is 18.4. The molecule has 4 rings (SSSR count). The number of hydrogen-bond donors (Lipinski definition) is 5. The van der Waals surface area contributed by atoms with E-state index in [9.17, 15) is 13.2 Å². The molecule has 186 valence electrons. The lowest BCUT2D eigenvalue weighted by Gasteiger charge is -2.37. The Morgan fingerprint density at radius 2 is 1.32 bits per heavy atom. The third-order valence-electron chi connectivity index (χ3n) is 5.53. The highest BCUT2D eigenvalue weighted by Crippen LogP contribution is 2.27. The van der Waals surface area contributed by atoms with Gasteiger partial charge in [0.1, 0.15) is 5.75 Å². The van der Waals surface area contributed by atoms with E-state index in [0.717, 1.165) is 0 Å². The summed E-state index contributed by atoms with van der Waals surface area (Å²) in [6.07, 6.45) is -3.44. The number of alkyl halides is 3.